The maximum absolute atomic E-state index is 13.3. The average Bonchev–Trinajstić information content (AvgIpc) is 3.24. The van der Waals surface area contributed by atoms with Crippen molar-refractivity contribution in [3.05, 3.63) is 101 Å². The molecular formula is C29H24ClN3O4. The zero-order chi connectivity index (χ0) is 25.9. The third kappa shape index (κ3) is 5.13. The van der Waals surface area contributed by atoms with E-state index in [0.717, 1.165) is 21.6 Å². The van der Waals surface area contributed by atoms with Gasteiger partial charge in [0.25, 0.3) is 11.8 Å². The van der Waals surface area contributed by atoms with Crippen LogP contribution in [-0.4, -0.2) is 29.0 Å². The van der Waals surface area contributed by atoms with Crippen LogP contribution in [0.25, 0.3) is 17.0 Å². The molecule has 2 heterocycles. The number of halogens is 1. The van der Waals surface area contributed by atoms with Crippen LogP contribution in [0.15, 0.2) is 90.6 Å². The number of anilines is 1. The summed E-state index contributed by atoms with van der Waals surface area (Å²) in [6.45, 7) is 3.31. The van der Waals surface area contributed by atoms with Gasteiger partial charge in [0.05, 0.1) is 12.3 Å². The quantitative estimate of drug-likeness (QED) is 0.255. The first-order valence-electron chi connectivity index (χ1n) is 11.8. The highest BCUT2D eigenvalue weighted by atomic mass is 35.5. The highest BCUT2D eigenvalue weighted by Gasteiger charge is 2.37. The number of urea groups is 1. The zero-order valence-corrected chi connectivity index (χ0v) is 20.8. The summed E-state index contributed by atoms with van der Waals surface area (Å²) in [4.78, 5) is 39.4. The fraction of sp³-hybridized carbons (Fsp3) is 0.138. The lowest BCUT2D eigenvalue weighted by atomic mass is 10.1. The first kappa shape index (κ1) is 24.3. The van der Waals surface area contributed by atoms with Crippen molar-refractivity contribution in [2.75, 3.05) is 11.5 Å². The number of nitrogens with one attached hydrogen (secondary N) is 1. The molecule has 0 bridgehead atoms. The first-order valence-corrected chi connectivity index (χ1v) is 12.2. The van der Waals surface area contributed by atoms with Crippen molar-refractivity contribution < 1.29 is 19.1 Å². The highest BCUT2D eigenvalue weighted by molar-refractivity contribution is 6.39. The van der Waals surface area contributed by atoms with Crippen LogP contribution < -0.4 is 15.0 Å². The van der Waals surface area contributed by atoms with Gasteiger partial charge in [-0.25, -0.2) is 9.69 Å². The van der Waals surface area contributed by atoms with E-state index >= 15 is 0 Å². The number of barbiturate groups is 1. The molecule has 1 fully saturated rings. The van der Waals surface area contributed by atoms with Gasteiger partial charge in [0, 0.05) is 40.1 Å². The van der Waals surface area contributed by atoms with Crippen molar-refractivity contribution in [2.24, 2.45) is 5.92 Å². The Morgan fingerprint density at radius 2 is 1.65 bits per heavy atom. The van der Waals surface area contributed by atoms with Crippen molar-refractivity contribution >= 4 is 52.1 Å². The molecule has 1 atom stereocenters. The number of para-hydroxylation sites is 2. The van der Waals surface area contributed by atoms with Gasteiger partial charge in [-0.3, -0.25) is 14.9 Å². The lowest BCUT2D eigenvalue weighted by molar-refractivity contribution is -0.122. The molecule has 0 spiro atoms. The Hall–Kier alpha value is -4.36. The van der Waals surface area contributed by atoms with E-state index in [1.807, 2.05) is 60.8 Å². The molecule has 0 radical (unpaired) electrons. The van der Waals surface area contributed by atoms with Crippen LogP contribution in [0.5, 0.6) is 5.75 Å². The average molecular weight is 514 g/mol. The number of ether oxygens (including phenoxy) is 1. The molecule has 0 saturated carbocycles. The van der Waals surface area contributed by atoms with Crippen molar-refractivity contribution in [3.8, 4) is 5.75 Å². The number of benzene rings is 3. The van der Waals surface area contributed by atoms with Crippen LogP contribution in [0.3, 0.4) is 0 Å². The number of fused-ring (bicyclic) bond motifs is 1. The monoisotopic (exact) mass is 513 g/mol. The van der Waals surface area contributed by atoms with Gasteiger partial charge >= 0.3 is 6.03 Å². The molecule has 37 heavy (non-hydrogen) atoms. The Kier molecular flexibility index (Phi) is 6.79. The van der Waals surface area contributed by atoms with E-state index in [0.29, 0.717) is 29.4 Å². The van der Waals surface area contributed by atoms with Gasteiger partial charge in [-0.05, 0) is 48.5 Å². The molecule has 4 amide bonds. The second kappa shape index (κ2) is 10.3. The summed E-state index contributed by atoms with van der Waals surface area (Å²) in [5.41, 5.74) is 1.86. The molecule has 1 saturated heterocycles. The fourth-order valence-corrected chi connectivity index (χ4v) is 4.45. The summed E-state index contributed by atoms with van der Waals surface area (Å²) in [5.74, 6) is -0.424. The van der Waals surface area contributed by atoms with Crippen LogP contribution in [0.4, 0.5) is 10.5 Å². The van der Waals surface area contributed by atoms with Crippen LogP contribution in [-0.2, 0) is 16.1 Å². The molecule has 4 aromatic rings. The summed E-state index contributed by atoms with van der Waals surface area (Å²) in [6.07, 6.45) is 3.46. The van der Waals surface area contributed by atoms with Gasteiger partial charge in [0.1, 0.15) is 11.3 Å². The summed E-state index contributed by atoms with van der Waals surface area (Å²) >= 11 is 5.95. The Morgan fingerprint density at radius 3 is 2.41 bits per heavy atom. The minimum Gasteiger partial charge on any atom is -0.493 e. The van der Waals surface area contributed by atoms with Gasteiger partial charge < -0.3 is 9.30 Å². The summed E-state index contributed by atoms with van der Waals surface area (Å²) in [6, 6.07) is 22.9. The predicted octanol–water partition coefficient (Wildman–Crippen LogP) is 5.68. The minimum atomic E-state index is -0.802. The molecule has 5 rings (SSSR count). The lowest BCUT2D eigenvalue weighted by Gasteiger charge is -2.26. The molecule has 0 unspecified atom stereocenters. The Morgan fingerprint density at radius 1 is 0.946 bits per heavy atom. The van der Waals surface area contributed by atoms with Gasteiger partial charge in [0.15, 0.2) is 0 Å². The van der Waals surface area contributed by atoms with Crippen LogP contribution >= 0.6 is 11.6 Å². The zero-order valence-electron chi connectivity index (χ0n) is 20.1. The molecule has 0 aliphatic carbocycles. The summed E-state index contributed by atoms with van der Waals surface area (Å²) < 4.78 is 8.00. The lowest BCUT2D eigenvalue weighted by Crippen LogP contribution is -2.54. The van der Waals surface area contributed by atoms with Gasteiger partial charge in [-0.2, -0.15) is 0 Å². The van der Waals surface area contributed by atoms with Crippen molar-refractivity contribution in [1.29, 1.82) is 0 Å². The van der Waals surface area contributed by atoms with Crippen molar-refractivity contribution in [2.45, 2.75) is 13.5 Å². The number of carbonyl (C=O) groups excluding carboxylic acids is 3. The third-order valence-corrected chi connectivity index (χ3v) is 6.34. The van der Waals surface area contributed by atoms with Crippen molar-refractivity contribution in [3.63, 3.8) is 0 Å². The highest BCUT2D eigenvalue weighted by Crippen LogP contribution is 2.28. The molecular weight excluding hydrogens is 490 g/mol. The number of hydrogen-bond donors (Lipinski definition) is 1. The van der Waals surface area contributed by atoms with E-state index in [9.17, 15) is 14.4 Å². The number of amides is 4. The maximum Gasteiger partial charge on any atom is 0.335 e. The number of aromatic nitrogens is 1. The number of nitrogens with zero attached hydrogens (tertiary/aromatic N) is 2. The number of hydrogen-bond acceptors (Lipinski definition) is 4. The van der Waals surface area contributed by atoms with Crippen LogP contribution in [0, 0.1) is 5.92 Å². The fourth-order valence-electron chi connectivity index (χ4n) is 4.32. The van der Waals surface area contributed by atoms with E-state index in [2.05, 4.69) is 16.8 Å². The Bertz CT molecular complexity index is 1510. The first-order chi connectivity index (χ1) is 17.9. The molecule has 1 N–H and O–H groups in total. The Labute approximate surface area is 218 Å². The maximum atomic E-state index is 13.3. The van der Waals surface area contributed by atoms with E-state index in [1.165, 1.54) is 6.08 Å². The van der Waals surface area contributed by atoms with Crippen LogP contribution in [0.2, 0.25) is 5.02 Å². The SMILES string of the molecule is C[C@@H](COc1ccccc1)Cn1cc(/C=C2\C(=O)NC(=O)N(c3ccc(Cl)cc3)C2=O)c2ccccc21. The summed E-state index contributed by atoms with van der Waals surface area (Å²) in [7, 11) is 0. The van der Waals surface area contributed by atoms with Crippen molar-refractivity contribution in [1.82, 2.24) is 9.88 Å². The Balaban J connectivity index is 1.43. The second-order valence-corrected chi connectivity index (χ2v) is 9.35. The number of rotatable bonds is 7. The van der Waals surface area contributed by atoms with Gasteiger partial charge in [-0.15, -0.1) is 0 Å². The topological polar surface area (TPSA) is 80.6 Å². The second-order valence-electron chi connectivity index (χ2n) is 8.92. The molecule has 3 aromatic carbocycles. The molecule has 7 nitrogen and oxygen atoms in total. The van der Waals surface area contributed by atoms with E-state index in [1.54, 1.807) is 24.3 Å². The molecule has 1 aromatic heterocycles. The largest absolute Gasteiger partial charge is 0.493 e. The molecule has 8 heteroatoms. The molecule has 1 aliphatic heterocycles. The standard InChI is InChI=1S/C29H24ClN3O4/c1-19(18-37-23-7-3-2-4-8-23)16-32-17-20(24-9-5-6-10-26(24)32)15-25-27(34)31-29(36)33(28(25)35)22-13-11-21(30)12-14-22/h2-15,17,19H,16,18H2,1H3,(H,31,34,36)/b25-15+/t19-/m1/s1. The minimum absolute atomic E-state index is 0.127. The van der Waals surface area contributed by atoms with Crippen LogP contribution in [0.1, 0.15) is 12.5 Å². The normalized spacial score (nSPS) is 15.8. The predicted molar refractivity (Wildman–Crippen MR) is 143 cm³/mol. The summed E-state index contributed by atoms with van der Waals surface area (Å²) in [5, 5.41) is 3.62. The van der Waals surface area contributed by atoms with Gasteiger partial charge in [-0.1, -0.05) is 54.9 Å². The smallest absolute Gasteiger partial charge is 0.335 e. The van der Waals surface area contributed by atoms with E-state index in [4.69, 9.17) is 16.3 Å². The molecule has 1 aliphatic rings. The van der Waals surface area contributed by atoms with E-state index < -0.39 is 17.8 Å². The number of imide groups is 2. The van der Waals surface area contributed by atoms with E-state index in [-0.39, 0.29) is 11.5 Å². The number of carbonyl (C=O) groups is 3. The third-order valence-electron chi connectivity index (χ3n) is 6.09. The van der Waals surface area contributed by atoms with Gasteiger partial charge in [0.2, 0.25) is 0 Å². The molecule has 186 valence electrons.